The Kier molecular flexibility index (Phi) is 8.58. The van der Waals surface area contributed by atoms with Crippen LogP contribution < -0.4 is 10.6 Å². The quantitative estimate of drug-likeness (QED) is 0.606. The fourth-order valence-corrected chi connectivity index (χ4v) is 4.26. The van der Waals surface area contributed by atoms with Crippen LogP contribution in [0.2, 0.25) is 0 Å². The maximum absolute atomic E-state index is 12.4. The molecule has 3 N–H and O–H groups in total. The van der Waals surface area contributed by atoms with Crippen molar-refractivity contribution in [2.24, 2.45) is 5.92 Å². The number of amides is 1. The molecule has 0 saturated carbocycles. The average Bonchev–Trinajstić information content (AvgIpc) is 2.69. The van der Waals surface area contributed by atoms with Gasteiger partial charge in [-0.25, -0.2) is 12.7 Å². The summed E-state index contributed by atoms with van der Waals surface area (Å²) in [6, 6.07) is 15.1. The summed E-state index contributed by atoms with van der Waals surface area (Å²) < 4.78 is 25.4. The van der Waals surface area contributed by atoms with Crippen LogP contribution in [-0.2, 0) is 21.2 Å². The van der Waals surface area contributed by atoms with Crippen LogP contribution in [0, 0.1) is 5.92 Å². The summed E-state index contributed by atoms with van der Waals surface area (Å²) in [5.74, 6) is 0.261. The Morgan fingerprint density at radius 3 is 2.13 bits per heavy atom. The summed E-state index contributed by atoms with van der Waals surface area (Å²) >= 11 is 0. The first kappa shape index (κ1) is 24.1. The van der Waals surface area contributed by atoms with Crippen LogP contribution in [0.4, 0.5) is 5.69 Å². The minimum atomic E-state index is -3.48. The molecule has 30 heavy (non-hydrogen) atoms. The Balaban J connectivity index is 1.98. The molecule has 1 amide bonds. The van der Waals surface area contributed by atoms with Crippen LogP contribution in [0.5, 0.6) is 0 Å². The van der Waals surface area contributed by atoms with Gasteiger partial charge in [-0.2, -0.15) is 0 Å². The highest BCUT2D eigenvalue weighted by Crippen LogP contribution is 2.19. The van der Waals surface area contributed by atoms with Crippen LogP contribution in [0.25, 0.3) is 0 Å². The van der Waals surface area contributed by atoms with Gasteiger partial charge < -0.3 is 10.6 Å². The van der Waals surface area contributed by atoms with Gasteiger partial charge in [0, 0.05) is 31.3 Å². The number of benzene rings is 2. The lowest BCUT2D eigenvalue weighted by Crippen LogP contribution is -2.88. The van der Waals surface area contributed by atoms with E-state index in [4.69, 9.17) is 0 Å². The van der Waals surface area contributed by atoms with E-state index in [0.29, 0.717) is 11.6 Å². The van der Waals surface area contributed by atoms with Gasteiger partial charge in [-0.1, -0.05) is 51.5 Å². The van der Waals surface area contributed by atoms with E-state index in [1.165, 1.54) is 37.4 Å². The summed E-state index contributed by atoms with van der Waals surface area (Å²) in [5, 5.41) is 4.90. The third kappa shape index (κ3) is 6.39. The van der Waals surface area contributed by atoms with Crippen molar-refractivity contribution in [2.75, 3.05) is 26.0 Å². The number of nitrogens with one attached hydrogen (secondary N) is 1. The minimum absolute atomic E-state index is 0.119. The second-order valence-electron chi connectivity index (χ2n) is 8.06. The molecule has 0 aliphatic heterocycles. The number of carbonyl (C=O) groups is 1. The van der Waals surface area contributed by atoms with Crippen LogP contribution >= 0.6 is 0 Å². The van der Waals surface area contributed by atoms with Crippen molar-refractivity contribution in [3.05, 3.63) is 59.7 Å². The zero-order valence-electron chi connectivity index (χ0n) is 18.6. The van der Waals surface area contributed by atoms with Crippen molar-refractivity contribution in [1.82, 2.24) is 4.31 Å². The van der Waals surface area contributed by atoms with Gasteiger partial charge in [0.2, 0.25) is 10.0 Å². The zero-order valence-corrected chi connectivity index (χ0v) is 19.4. The predicted molar refractivity (Wildman–Crippen MR) is 121 cm³/mol. The molecule has 0 fully saturated rings. The van der Waals surface area contributed by atoms with E-state index < -0.39 is 10.0 Å². The largest absolute Gasteiger partial charge is 0.332 e. The molecule has 0 spiro atoms. The van der Waals surface area contributed by atoms with E-state index in [0.717, 1.165) is 17.1 Å². The van der Waals surface area contributed by atoms with E-state index in [1.54, 1.807) is 12.1 Å². The van der Waals surface area contributed by atoms with Gasteiger partial charge in [-0.05, 0) is 36.2 Å². The molecular weight excluding hydrogens is 398 g/mol. The Bertz CT molecular complexity index is 921. The SMILES string of the molecule is CCCc1ccc([C@H]([NH2+]CC(=O)Nc2ccc(S(=O)(=O)N(C)C)cc2)C(C)C)cc1. The standard InChI is InChI=1S/C23H33N3O3S/c1-6-7-18-8-10-19(11-9-18)23(17(2)3)24-16-22(27)25-20-12-14-21(15-13-20)30(28,29)26(4)5/h8-15,17,23-24H,6-7,16H2,1-5H3,(H,25,27)/p+1/t23-/m1/s1. The Labute approximate surface area is 180 Å². The summed E-state index contributed by atoms with van der Waals surface area (Å²) in [4.78, 5) is 12.6. The van der Waals surface area contributed by atoms with Crippen LogP contribution in [0.3, 0.4) is 0 Å². The van der Waals surface area contributed by atoms with Crippen molar-refractivity contribution in [2.45, 2.75) is 44.6 Å². The van der Waals surface area contributed by atoms with Crippen molar-refractivity contribution < 1.29 is 18.5 Å². The number of hydrogen-bond donors (Lipinski definition) is 2. The topological polar surface area (TPSA) is 83.1 Å². The fourth-order valence-electron chi connectivity index (χ4n) is 3.36. The van der Waals surface area contributed by atoms with Crippen LogP contribution in [-0.4, -0.2) is 39.3 Å². The monoisotopic (exact) mass is 432 g/mol. The second kappa shape index (κ2) is 10.7. The molecule has 0 unspecified atom stereocenters. The molecule has 2 aromatic carbocycles. The molecule has 164 valence electrons. The molecule has 0 bridgehead atoms. The summed E-state index contributed by atoms with van der Waals surface area (Å²) in [6.45, 7) is 6.77. The lowest BCUT2D eigenvalue weighted by atomic mass is 9.94. The van der Waals surface area contributed by atoms with Crippen molar-refractivity contribution in [3.63, 3.8) is 0 Å². The van der Waals surface area contributed by atoms with E-state index in [-0.39, 0.29) is 23.4 Å². The smallest absolute Gasteiger partial charge is 0.279 e. The van der Waals surface area contributed by atoms with Gasteiger partial charge in [-0.15, -0.1) is 0 Å². The first-order valence-corrected chi connectivity index (χ1v) is 11.8. The molecule has 0 radical (unpaired) electrons. The molecule has 7 heteroatoms. The molecule has 0 aromatic heterocycles. The summed E-state index contributed by atoms with van der Waals surface area (Å²) in [5.41, 5.74) is 3.13. The van der Waals surface area contributed by atoms with Crippen molar-refractivity contribution >= 4 is 21.6 Å². The number of sulfonamides is 1. The highest BCUT2D eigenvalue weighted by Gasteiger charge is 2.21. The summed E-state index contributed by atoms with van der Waals surface area (Å²) in [6.07, 6.45) is 2.20. The Morgan fingerprint density at radius 1 is 1.03 bits per heavy atom. The molecule has 0 heterocycles. The molecule has 6 nitrogen and oxygen atoms in total. The van der Waals surface area contributed by atoms with E-state index >= 15 is 0 Å². The third-order valence-corrected chi connectivity index (χ3v) is 6.92. The normalized spacial score (nSPS) is 12.9. The first-order valence-electron chi connectivity index (χ1n) is 10.4. The molecule has 1 atom stereocenters. The number of aryl methyl sites for hydroxylation is 1. The Hall–Kier alpha value is -2.22. The number of hydrogen-bond acceptors (Lipinski definition) is 3. The molecule has 0 aliphatic rings. The third-order valence-electron chi connectivity index (χ3n) is 5.10. The van der Waals surface area contributed by atoms with Crippen molar-refractivity contribution in [1.29, 1.82) is 0 Å². The van der Waals surface area contributed by atoms with Gasteiger partial charge in [0.25, 0.3) is 5.91 Å². The zero-order chi connectivity index (χ0) is 22.3. The van der Waals surface area contributed by atoms with Gasteiger partial charge >= 0.3 is 0 Å². The van der Waals surface area contributed by atoms with Gasteiger partial charge in [-0.3, -0.25) is 4.79 Å². The first-order chi connectivity index (χ1) is 14.1. The number of anilines is 1. The Morgan fingerprint density at radius 2 is 1.63 bits per heavy atom. The highest BCUT2D eigenvalue weighted by atomic mass is 32.2. The van der Waals surface area contributed by atoms with E-state index in [1.807, 2.05) is 0 Å². The van der Waals surface area contributed by atoms with Crippen molar-refractivity contribution in [3.8, 4) is 0 Å². The maximum atomic E-state index is 12.4. The highest BCUT2D eigenvalue weighted by molar-refractivity contribution is 7.89. The number of carbonyl (C=O) groups excluding carboxylic acids is 1. The molecular formula is C23H34N3O3S+. The lowest BCUT2D eigenvalue weighted by molar-refractivity contribution is -0.692. The fraction of sp³-hybridized carbons (Fsp3) is 0.435. The molecule has 0 aliphatic carbocycles. The number of rotatable bonds is 10. The molecule has 2 aromatic rings. The van der Waals surface area contributed by atoms with Gasteiger partial charge in [0.15, 0.2) is 6.54 Å². The van der Waals surface area contributed by atoms with Gasteiger partial charge in [0.1, 0.15) is 6.04 Å². The van der Waals surface area contributed by atoms with E-state index in [9.17, 15) is 13.2 Å². The second-order valence-corrected chi connectivity index (χ2v) is 10.2. The van der Waals surface area contributed by atoms with Gasteiger partial charge in [0.05, 0.1) is 4.90 Å². The van der Waals surface area contributed by atoms with Crippen LogP contribution in [0.15, 0.2) is 53.4 Å². The van der Waals surface area contributed by atoms with Crippen LogP contribution in [0.1, 0.15) is 44.4 Å². The lowest BCUT2D eigenvalue weighted by Gasteiger charge is -2.20. The molecule has 2 rings (SSSR count). The molecule has 0 saturated heterocycles. The van der Waals surface area contributed by atoms with E-state index in [2.05, 4.69) is 55.7 Å². The summed E-state index contributed by atoms with van der Waals surface area (Å²) in [7, 11) is -0.497. The number of nitrogens with two attached hydrogens (primary N) is 1. The maximum Gasteiger partial charge on any atom is 0.279 e. The number of quaternary nitrogens is 1. The average molecular weight is 433 g/mol. The number of nitrogens with zero attached hydrogens (tertiary/aromatic N) is 1. The minimum Gasteiger partial charge on any atom is -0.332 e. The predicted octanol–water partition coefficient (Wildman–Crippen LogP) is 2.79.